The molecule has 0 saturated heterocycles. The van der Waals surface area contributed by atoms with Crippen LogP contribution in [-0.4, -0.2) is 44.2 Å². The fourth-order valence-electron chi connectivity index (χ4n) is 3.88. The minimum Gasteiger partial charge on any atom is -0.352 e. The minimum atomic E-state index is -3.78. The molecule has 154 valence electrons. The van der Waals surface area contributed by atoms with Crippen LogP contribution in [0.15, 0.2) is 23.1 Å². The first-order chi connectivity index (χ1) is 13.4. The fourth-order valence-corrected chi connectivity index (χ4v) is 5.05. The van der Waals surface area contributed by atoms with Gasteiger partial charge in [-0.25, -0.2) is 8.42 Å². The van der Waals surface area contributed by atoms with Gasteiger partial charge in [0.1, 0.15) is 0 Å². The van der Waals surface area contributed by atoms with Gasteiger partial charge in [0.05, 0.1) is 11.4 Å². The summed E-state index contributed by atoms with van der Waals surface area (Å²) in [7, 11) is -2.36. The van der Waals surface area contributed by atoms with Gasteiger partial charge in [0.15, 0.2) is 0 Å². The summed E-state index contributed by atoms with van der Waals surface area (Å²) in [5.41, 5.74) is 1.47. The highest BCUT2D eigenvalue weighted by Crippen LogP contribution is 2.26. The van der Waals surface area contributed by atoms with Crippen molar-refractivity contribution < 1.29 is 18.0 Å². The molecular weight excluding hydrogens is 378 g/mol. The average Bonchev–Trinajstić information content (AvgIpc) is 3.00. The van der Waals surface area contributed by atoms with Gasteiger partial charge in [-0.1, -0.05) is 25.7 Å². The Balaban J connectivity index is 1.67. The first kappa shape index (κ1) is 20.8. The molecule has 3 rings (SSSR count). The zero-order valence-electron chi connectivity index (χ0n) is 16.4. The van der Waals surface area contributed by atoms with Crippen LogP contribution in [-0.2, 0) is 26.0 Å². The van der Waals surface area contributed by atoms with Crippen LogP contribution in [0.4, 0.5) is 5.69 Å². The molecule has 0 aromatic heterocycles. The van der Waals surface area contributed by atoms with Gasteiger partial charge in [-0.3, -0.25) is 9.59 Å². The molecule has 1 aromatic carbocycles. The summed E-state index contributed by atoms with van der Waals surface area (Å²) in [6, 6.07) is 4.86. The van der Waals surface area contributed by atoms with Crippen LogP contribution in [0.1, 0.15) is 56.9 Å². The van der Waals surface area contributed by atoms with E-state index in [1.807, 2.05) is 0 Å². The Hall–Kier alpha value is -1.93. The lowest BCUT2D eigenvalue weighted by atomic mass is 10.1. The summed E-state index contributed by atoms with van der Waals surface area (Å²) in [5.74, 6) is -0.318. The number of anilines is 1. The second-order valence-electron chi connectivity index (χ2n) is 7.74. The van der Waals surface area contributed by atoms with Crippen LogP contribution < -0.4 is 10.6 Å². The van der Waals surface area contributed by atoms with Crippen LogP contribution in [0, 0.1) is 0 Å². The molecule has 2 amide bonds. The molecule has 28 heavy (non-hydrogen) atoms. The Labute approximate surface area is 166 Å². The second kappa shape index (κ2) is 9.05. The van der Waals surface area contributed by atoms with Gasteiger partial charge < -0.3 is 10.6 Å². The van der Waals surface area contributed by atoms with Crippen molar-refractivity contribution in [1.29, 1.82) is 0 Å². The van der Waals surface area contributed by atoms with Crippen molar-refractivity contribution in [3.05, 3.63) is 23.8 Å². The molecule has 2 aliphatic rings. The third-order valence-corrected chi connectivity index (χ3v) is 7.29. The molecule has 0 spiro atoms. The average molecular weight is 408 g/mol. The molecule has 1 aromatic rings. The molecular formula is C20H29N3O4S. The number of benzene rings is 1. The molecule has 0 atom stereocenters. The van der Waals surface area contributed by atoms with Gasteiger partial charge in [-0.05, 0) is 49.4 Å². The maximum Gasteiger partial charge on any atom is 0.243 e. The molecule has 2 N–H and O–H groups in total. The summed E-state index contributed by atoms with van der Waals surface area (Å²) in [4.78, 5) is 24.2. The van der Waals surface area contributed by atoms with Crippen LogP contribution in [0.25, 0.3) is 0 Å². The summed E-state index contributed by atoms with van der Waals surface area (Å²) >= 11 is 0. The summed E-state index contributed by atoms with van der Waals surface area (Å²) < 4.78 is 26.9. The van der Waals surface area contributed by atoms with Crippen LogP contribution in [0.3, 0.4) is 0 Å². The summed E-state index contributed by atoms with van der Waals surface area (Å²) in [6.45, 7) is -0.202. The molecule has 0 bridgehead atoms. The molecule has 1 aliphatic heterocycles. The fraction of sp³-hybridized carbons (Fsp3) is 0.600. The molecule has 1 aliphatic carbocycles. The van der Waals surface area contributed by atoms with Gasteiger partial charge in [-0.15, -0.1) is 0 Å². The van der Waals surface area contributed by atoms with E-state index in [1.165, 1.54) is 26.0 Å². The van der Waals surface area contributed by atoms with Crippen molar-refractivity contribution in [2.45, 2.75) is 68.7 Å². The van der Waals surface area contributed by atoms with Crippen molar-refractivity contribution in [2.75, 3.05) is 18.9 Å². The monoisotopic (exact) mass is 407 g/mol. The van der Waals surface area contributed by atoms with Gasteiger partial charge in [-0.2, -0.15) is 4.31 Å². The number of aryl methyl sites for hydroxylation is 1. The Kier molecular flexibility index (Phi) is 6.72. The largest absolute Gasteiger partial charge is 0.352 e. The normalized spacial score (nSPS) is 18.7. The second-order valence-corrected chi connectivity index (χ2v) is 9.78. The lowest BCUT2D eigenvalue weighted by Gasteiger charge is -2.21. The molecule has 1 saturated carbocycles. The molecule has 0 unspecified atom stereocenters. The lowest BCUT2D eigenvalue weighted by Crippen LogP contribution is -2.42. The Bertz CT molecular complexity index is 830. The van der Waals surface area contributed by atoms with Crippen LogP contribution in [0.5, 0.6) is 0 Å². The van der Waals surface area contributed by atoms with Crippen molar-refractivity contribution >= 4 is 27.5 Å². The third kappa shape index (κ3) is 5.11. The highest BCUT2D eigenvalue weighted by atomic mass is 32.2. The maximum absolute atomic E-state index is 12.9. The van der Waals surface area contributed by atoms with E-state index in [0.29, 0.717) is 24.9 Å². The van der Waals surface area contributed by atoms with Crippen molar-refractivity contribution in [2.24, 2.45) is 0 Å². The number of likely N-dealkylation sites (N-methyl/N-ethyl adjacent to an activating group) is 1. The first-order valence-corrected chi connectivity index (χ1v) is 11.5. The third-order valence-electron chi connectivity index (χ3n) is 5.50. The van der Waals surface area contributed by atoms with E-state index >= 15 is 0 Å². The zero-order valence-corrected chi connectivity index (χ0v) is 17.2. The number of nitrogens with zero attached hydrogens (tertiary/aromatic N) is 1. The van der Waals surface area contributed by atoms with E-state index in [1.54, 1.807) is 12.1 Å². The number of sulfonamides is 1. The highest BCUT2D eigenvalue weighted by molar-refractivity contribution is 7.89. The first-order valence-electron chi connectivity index (χ1n) is 10.0. The predicted octanol–water partition coefficient (Wildman–Crippen LogP) is 2.42. The van der Waals surface area contributed by atoms with Crippen LogP contribution in [0.2, 0.25) is 0 Å². The van der Waals surface area contributed by atoms with Crippen molar-refractivity contribution in [3.8, 4) is 0 Å². The smallest absolute Gasteiger partial charge is 0.243 e. The highest BCUT2D eigenvalue weighted by Gasteiger charge is 2.25. The number of hydrogen-bond donors (Lipinski definition) is 2. The molecule has 8 heteroatoms. The number of amides is 2. The van der Waals surface area contributed by atoms with Gasteiger partial charge in [0, 0.05) is 25.2 Å². The van der Waals surface area contributed by atoms with Crippen molar-refractivity contribution in [1.82, 2.24) is 9.62 Å². The summed E-state index contributed by atoms with van der Waals surface area (Å²) in [6.07, 6.45) is 8.26. The van der Waals surface area contributed by atoms with E-state index in [9.17, 15) is 18.0 Å². The van der Waals surface area contributed by atoms with E-state index in [0.717, 1.165) is 35.6 Å². The number of nitrogens with one attached hydrogen (secondary N) is 2. The lowest BCUT2D eigenvalue weighted by molar-refractivity contribution is -0.122. The molecule has 1 fully saturated rings. The quantitative estimate of drug-likeness (QED) is 0.733. The van der Waals surface area contributed by atoms with Gasteiger partial charge >= 0.3 is 0 Å². The van der Waals surface area contributed by atoms with E-state index in [-0.39, 0.29) is 29.3 Å². The van der Waals surface area contributed by atoms with Crippen LogP contribution >= 0.6 is 0 Å². The molecule has 7 nitrogen and oxygen atoms in total. The number of rotatable bonds is 5. The van der Waals surface area contributed by atoms with E-state index in [4.69, 9.17) is 0 Å². The standard InChI is InChI=1S/C20H29N3O4S/c1-23(14-20(25)21-16-8-4-2-3-5-9-16)28(26,27)17-11-12-18-15(13-17)7-6-10-19(24)22-18/h11-13,16H,2-10,14H2,1H3,(H,21,25)(H,22,24). The SMILES string of the molecule is CN(CC(=O)NC1CCCCCC1)S(=O)(=O)c1ccc2c(c1)CCCC(=O)N2. The van der Waals surface area contributed by atoms with Gasteiger partial charge in [0.25, 0.3) is 0 Å². The number of fused-ring (bicyclic) bond motifs is 1. The maximum atomic E-state index is 12.9. The number of carbonyl (C=O) groups excluding carboxylic acids is 2. The Morgan fingerprint density at radius 3 is 2.57 bits per heavy atom. The number of hydrogen-bond acceptors (Lipinski definition) is 4. The predicted molar refractivity (Wildman–Crippen MR) is 107 cm³/mol. The van der Waals surface area contributed by atoms with E-state index in [2.05, 4.69) is 10.6 Å². The summed E-state index contributed by atoms with van der Waals surface area (Å²) in [5, 5.41) is 5.79. The van der Waals surface area contributed by atoms with Crippen molar-refractivity contribution in [3.63, 3.8) is 0 Å². The molecule has 0 radical (unpaired) electrons. The topological polar surface area (TPSA) is 95.6 Å². The number of carbonyl (C=O) groups is 2. The Morgan fingerprint density at radius 2 is 1.86 bits per heavy atom. The molecule has 1 heterocycles. The van der Waals surface area contributed by atoms with Gasteiger partial charge in [0.2, 0.25) is 21.8 Å². The minimum absolute atomic E-state index is 0.0540. The van der Waals surface area contributed by atoms with E-state index < -0.39 is 10.0 Å². The Morgan fingerprint density at radius 1 is 1.14 bits per heavy atom. The zero-order chi connectivity index (χ0) is 20.1.